The van der Waals surface area contributed by atoms with E-state index in [-0.39, 0.29) is 25.5 Å². The number of benzene rings is 2. The number of nitrogens with one attached hydrogen (secondary N) is 2. The molecule has 4 N–H and O–H groups in total. The van der Waals surface area contributed by atoms with Crippen molar-refractivity contribution in [1.29, 1.82) is 0 Å². The number of methoxy groups -OCH3 is 1. The number of piperazine rings is 2. The van der Waals surface area contributed by atoms with E-state index >= 15 is 0 Å². The number of nitrogen functional groups attached to an aromatic ring is 1. The highest BCUT2D eigenvalue weighted by Gasteiger charge is 2.44. The van der Waals surface area contributed by atoms with E-state index in [2.05, 4.69) is 25.2 Å². The van der Waals surface area contributed by atoms with E-state index in [1.807, 2.05) is 29.2 Å². The molecule has 2 unspecified atom stereocenters. The Labute approximate surface area is 277 Å². The summed E-state index contributed by atoms with van der Waals surface area (Å²) in [5, 5.41) is 5.23. The van der Waals surface area contributed by atoms with E-state index in [1.165, 1.54) is 13.4 Å². The van der Waals surface area contributed by atoms with Crippen molar-refractivity contribution in [3.8, 4) is 5.75 Å². The van der Waals surface area contributed by atoms with Crippen LogP contribution in [0.4, 0.5) is 5.82 Å². The summed E-state index contributed by atoms with van der Waals surface area (Å²) in [5.41, 5.74) is 8.01. The monoisotopic (exact) mass is 662 g/mol. The average molecular weight is 663 g/mol. The molecule has 0 saturated carbocycles. The van der Waals surface area contributed by atoms with E-state index in [4.69, 9.17) is 26.8 Å². The Morgan fingerprint density at radius 1 is 1.09 bits per heavy atom. The lowest BCUT2D eigenvalue weighted by molar-refractivity contribution is -0.162. The van der Waals surface area contributed by atoms with Gasteiger partial charge in [0.1, 0.15) is 24.4 Å². The Hall–Kier alpha value is -4.30. The van der Waals surface area contributed by atoms with E-state index in [1.54, 1.807) is 37.8 Å². The molecule has 47 heavy (non-hydrogen) atoms. The molecule has 2 fully saturated rings. The molecule has 4 aromatic rings. The van der Waals surface area contributed by atoms with Gasteiger partial charge in [0.15, 0.2) is 5.75 Å². The van der Waals surface area contributed by atoms with Crippen molar-refractivity contribution in [2.24, 2.45) is 5.41 Å². The number of aromatic nitrogens is 3. The van der Waals surface area contributed by atoms with E-state index in [9.17, 15) is 14.4 Å². The first-order valence-electron chi connectivity index (χ1n) is 15.5. The molecule has 2 atom stereocenters. The first-order valence-corrected chi connectivity index (χ1v) is 15.9. The van der Waals surface area contributed by atoms with Gasteiger partial charge in [-0.2, -0.15) is 0 Å². The van der Waals surface area contributed by atoms with Crippen LogP contribution in [0.25, 0.3) is 21.8 Å². The number of hydrogen-bond donors (Lipinski definition) is 3. The number of carbonyl (C=O) groups is 3. The molecule has 1 amide bonds. The van der Waals surface area contributed by atoms with E-state index < -0.39 is 29.6 Å². The minimum absolute atomic E-state index is 0.00751. The lowest BCUT2D eigenvalue weighted by atomic mass is 9.97. The first-order chi connectivity index (χ1) is 22.4. The number of anilines is 1. The zero-order valence-corrected chi connectivity index (χ0v) is 27.6. The fourth-order valence-electron chi connectivity index (χ4n) is 6.19. The molecule has 2 aliphatic heterocycles. The predicted molar refractivity (Wildman–Crippen MR) is 177 cm³/mol. The molecule has 0 spiro atoms. The highest BCUT2D eigenvalue weighted by molar-refractivity contribution is 6.31. The van der Waals surface area contributed by atoms with Gasteiger partial charge in [-0.3, -0.25) is 19.4 Å². The van der Waals surface area contributed by atoms with Gasteiger partial charge in [0.05, 0.1) is 30.3 Å². The summed E-state index contributed by atoms with van der Waals surface area (Å²) in [6.07, 6.45) is 0.855. The second kappa shape index (κ2) is 13.1. The van der Waals surface area contributed by atoms with Gasteiger partial charge >= 0.3 is 11.9 Å². The Bertz CT molecular complexity index is 1830. The molecule has 14 heteroatoms. The zero-order valence-electron chi connectivity index (χ0n) is 26.9. The Kier molecular flexibility index (Phi) is 9.07. The third-order valence-corrected chi connectivity index (χ3v) is 8.88. The minimum atomic E-state index is -0.905. The molecular formula is C33H39ClN8O5. The van der Waals surface area contributed by atoms with Crippen LogP contribution >= 0.6 is 11.6 Å². The zero-order chi connectivity index (χ0) is 33.5. The molecule has 0 radical (unpaired) electrons. The molecule has 2 aromatic heterocycles. The van der Waals surface area contributed by atoms with Crippen LogP contribution in [0.1, 0.15) is 38.2 Å². The summed E-state index contributed by atoms with van der Waals surface area (Å²) in [6.45, 7) is 8.51. The maximum atomic E-state index is 14.1. The van der Waals surface area contributed by atoms with Gasteiger partial charge in [-0.1, -0.05) is 17.7 Å². The number of rotatable bonds is 7. The smallest absolute Gasteiger partial charge is 0.329 e. The number of H-pyrrole nitrogens is 1. The maximum absolute atomic E-state index is 14.1. The number of carbonyl (C=O) groups excluding carboxylic acids is 3. The fourth-order valence-corrected chi connectivity index (χ4v) is 6.36. The summed E-state index contributed by atoms with van der Waals surface area (Å²) in [6, 6.07) is 9.98. The molecule has 13 nitrogen and oxygen atoms in total. The Balaban J connectivity index is 1.39. The molecular weight excluding hydrogens is 624 g/mol. The molecule has 2 aliphatic rings. The van der Waals surface area contributed by atoms with Crippen molar-refractivity contribution in [3.63, 3.8) is 0 Å². The third kappa shape index (κ3) is 6.61. The third-order valence-electron chi connectivity index (χ3n) is 8.65. The van der Waals surface area contributed by atoms with Gasteiger partial charge in [0.2, 0.25) is 5.91 Å². The second-order valence-corrected chi connectivity index (χ2v) is 13.4. The Morgan fingerprint density at radius 2 is 1.85 bits per heavy atom. The molecule has 0 aliphatic carbocycles. The standard InChI is InChI=1S/C33H39ClN8O5/c1-33(2,3)32(45)47-28-22-14-20(34)6-8-23(22)39-27(28)30(40-11-9-36-10-12-40)41-16-25(31(44)46-4)42(26(43)17-41)15-19-5-7-21-24(13-19)37-18-38-29(21)35/h5-8,13-14,18,25,30,36,39H,9-12,15-17H2,1-4H3,(H2,35,37,38). The molecule has 248 valence electrons. The summed E-state index contributed by atoms with van der Waals surface area (Å²) in [5.74, 6) is -0.467. The molecule has 2 saturated heterocycles. The van der Waals surface area contributed by atoms with Gasteiger partial charge in [0.25, 0.3) is 0 Å². The van der Waals surface area contributed by atoms with Gasteiger partial charge < -0.3 is 30.4 Å². The number of esters is 2. The summed E-state index contributed by atoms with van der Waals surface area (Å²) in [4.78, 5) is 58.3. The number of amides is 1. The van der Waals surface area contributed by atoms with E-state index in [0.29, 0.717) is 51.7 Å². The van der Waals surface area contributed by atoms with Gasteiger partial charge in [-0.05, 0) is 56.7 Å². The molecule has 6 rings (SSSR count). The van der Waals surface area contributed by atoms with Crippen molar-refractivity contribution < 1.29 is 23.9 Å². The quantitative estimate of drug-likeness (QED) is 0.250. The first kappa shape index (κ1) is 32.6. The second-order valence-electron chi connectivity index (χ2n) is 13.0. The number of hydrogen-bond acceptors (Lipinski definition) is 11. The van der Waals surface area contributed by atoms with Crippen LogP contribution in [0.5, 0.6) is 5.75 Å². The molecule has 2 aromatic carbocycles. The fraction of sp³-hybridized carbons (Fsp3) is 0.424. The van der Waals surface area contributed by atoms with Crippen molar-refractivity contribution in [2.45, 2.75) is 39.5 Å². The molecule has 0 bridgehead atoms. The summed E-state index contributed by atoms with van der Waals surface area (Å²) in [7, 11) is 1.32. The lowest BCUT2D eigenvalue weighted by Crippen LogP contribution is -2.62. The number of ether oxygens (including phenoxy) is 2. The van der Waals surface area contributed by atoms with Crippen LogP contribution < -0.4 is 15.8 Å². The maximum Gasteiger partial charge on any atom is 0.329 e. The van der Waals surface area contributed by atoms with Crippen LogP contribution in [-0.4, -0.2) is 99.9 Å². The van der Waals surface area contributed by atoms with Gasteiger partial charge in [-0.15, -0.1) is 0 Å². The SMILES string of the molecule is COC(=O)C1CN(C(c2[nH]c3ccc(Cl)cc3c2OC(=O)C(C)(C)C)N2CCNCC2)CC(=O)N1Cc1ccc2c(N)ncnc2c1. The summed E-state index contributed by atoms with van der Waals surface area (Å²) >= 11 is 6.42. The average Bonchev–Trinajstić information content (AvgIpc) is 3.38. The van der Waals surface area contributed by atoms with Crippen LogP contribution in [-0.2, 0) is 25.7 Å². The topological polar surface area (TPSA) is 159 Å². The number of aromatic amines is 1. The predicted octanol–water partition coefficient (Wildman–Crippen LogP) is 3.09. The lowest BCUT2D eigenvalue weighted by Gasteiger charge is -2.46. The van der Waals surface area contributed by atoms with Crippen molar-refractivity contribution in [3.05, 3.63) is 59.0 Å². The highest BCUT2D eigenvalue weighted by atomic mass is 35.5. The number of halogens is 1. The van der Waals surface area contributed by atoms with Crippen LogP contribution in [0.3, 0.4) is 0 Å². The normalized spacial score (nSPS) is 18.9. The number of nitrogens with zero attached hydrogens (tertiary/aromatic N) is 5. The highest BCUT2D eigenvalue weighted by Crippen LogP contribution is 2.41. The largest absolute Gasteiger partial charge is 0.467 e. The van der Waals surface area contributed by atoms with Crippen molar-refractivity contribution >= 4 is 57.1 Å². The van der Waals surface area contributed by atoms with Gasteiger partial charge in [-0.25, -0.2) is 14.8 Å². The van der Waals surface area contributed by atoms with Gasteiger partial charge in [0, 0.05) is 60.6 Å². The number of nitrogens with two attached hydrogens (primary N) is 1. The van der Waals surface area contributed by atoms with E-state index in [0.717, 1.165) is 24.2 Å². The van der Waals surface area contributed by atoms with Crippen molar-refractivity contribution in [1.82, 2.24) is 35.0 Å². The summed E-state index contributed by atoms with van der Waals surface area (Å²) < 4.78 is 11.4. The van der Waals surface area contributed by atoms with Crippen LogP contribution in [0.2, 0.25) is 5.02 Å². The number of fused-ring (bicyclic) bond motifs is 2. The van der Waals surface area contributed by atoms with Crippen molar-refractivity contribution in [2.75, 3.05) is 52.1 Å². The Morgan fingerprint density at radius 3 is 2.57 bits per heavy atom. The molecule has 4 heterocycles. The van der Waals surface area contributed by atoms with Crippen LogP contribution in [0.15, 0.2) is 42.7 Å². The van der Waals surface area contributed by atoms with Crippen LogP contribution in [0, 0.1) is 5.41 Å². The minimum Gasteiger partial charge on any atom is -0.467 e.